The van der Waals surface area contributed by atoms with Crippen molar-refractivity contribution in [2.75, 3.05) is 7.11 Å². The monoisotopic (exact) mass is 390 g/mol. The predicted molar refractivity (Wildman–Crippen MR) is 111 cm³/mol. The highest BCUT2D eigenvalue weighted by molar-refractivity contribution is 6.50. The summed E-state index contributed by atoms with van der Waals surface area (Å²) < 4.78 is 4.72. The van der Waals surface area contributed by atoms with Crippen LogP contribution in [0.15, 0.2) is 65.5 Å². The molecule has 1 N–H and O–H groups in total. The highest BCUT2D eigenvalue weighted by atomic mass is 35.5. The Labute approximate surface area is 165 Å². The number of nitrogens with zero attached hydrogens (tertiary/aromatic N) is 1. The zero-order valence-electron chi connectivity index (χ0n) is 14.9. The van der Waals surface area contributed by atoms with Gasteiger partial charge in [-0.15, -0.1) is 0 Å². The second kappa shape index (κ2) is 7.29. The molecule has 0 aliphatic rings. The molecule has 28 heavy (non-hydrogen) atoms. The van der Waals surface area contributed by atoms with Gasteiger partial charge in [0.2, 0.25) is 0 Å². The summed E-state index contributed by atoms with van der Waals surface area (Å²) in [7, 11) is 1.30. The van der Waals surface area contributed by atoms with Crippen LogP contribution in [0.5, 0.6) is 0 Å². The third-order valence-electron chi connectivity index (χ3n) is 4.42. The second-order valence-electron chi connectivity index (χ2n) is 6.24. The van der Waals surface area contributed by atoms with Gasteiger partial charge in [0.15, 0.2) is 5.82 Å². The number of H-pyrrole nitrogens is 1. The molecule has 0 aliphatic carbocycles. The molecule has 0 saturated carbocycles. The highest BCUT2D eigenvalue weighted by Gasteiger charge is 2.11. The zero-order chi connectivity index (χ0) is 19.7. The number of carbonyl (C=O) groups excluding carboxylic acids is 1. The van der Waals surface area contributed by atoms with Crippen LogP contribution >= 0.6 is 11.6 Å². The molecule has 0 unspecified atom stereocenters. The molecule has 5 nitrogen and oxygen atoms in total. The molecule has 0 fully saturated rings. The van der Waals surface area contributed by atoms with Crippen molar-refractivity contribution in [3.63, 3.8) is 0 Å². The first-order valence-electron chi connectivity index (χ1n) is 8.54. The Balaban J connectivity index is 1.78. The summed E-state index contributed by atoms with van der Waals surface area (Å²) >= 11 is 6.43. The molecule has 4 aromatic rings. The van der Waals surface area contributed by atoms with Crippen LogP contribution in [0.25, 0.3) is 32.8 Å². The fourth-order valence-corrected chi connectivity index (χ4v) is 3.23. The third-order valence-corrected chi connectivity index (χ3v) is 4.71. The smallest absolute Gasteiger partial charge is 0.337 e. The van der Waals surface area contributed by atoms with Crippen molar-refractivity contribution in [1.29, 1.82) is 0 Å². The van der Waals surface area contributed by atoms with E-state index in [9.17, 15) is 9.59 Å². The number of hydrogen-bond donors (Lipinski definition) is 1. The van der Waals surface area contributed by atoms with Crippen LogP contribution < -0.4 is 5.56 Å². The molecule has 0 spiro atoms. The first kappa shape index (κ1) is 17.9. The quantitative estimate of drug-likeness (QED) is 0.519. The number of rotatable bonds is 3. The lowest BCUT2D eigenvalue weighted by molar-refractivity contribution is 0.0601. The van der Waals surface area contributed by atoms with Crippen molar-refractivity contribution in [3.8, 4) is 0 Å². The predicted octanol–water partition coefficient (Wildman–Crippen LogP) is 4.60. The number of ether oxygens (including phenoxy) is 1. The van der Waals surface area contributed by atoms with E-state index in [1.165, 1.54) is 25.3 Å². The standard InChI is InChI=1S/C22H15ClN2O3/c1-28-22(27)16-8-9-17-19(12-16)24-20(25-21(17)26)18(23)11-13-6-7-14-4-2-3-5-15(14)10-13/h2-12H,1H3,(H,24,25,26). The van der Waals surface area contributed by atoms with Gasteiger partial charge >= 0.3 is 5.97 Å². The average molecular weight is 391 g/mol. The second-order valence-corrected chi connectivity index (χ2v) is 6.64. The Hall–Kier alpha value is -3.44. The maximum atomic E-state index is 12.4. The molecule has 0 aliphatic heterocycles. The molecule has 0 saturated heterocycles. The molecule has 138 valence electrons. The topological polar surface area (TPSA) is 72.1 Å². The number of nitrogens with one attached hydrogen (secondary N) is 1. The van der Waals surface area contributed by atoms with Gasteiger partial charge in [0, 0.05) is 0 Å². The number of esters is 1. The minimum absolute atomic E-state index is 0.231. The number of benzene rings is 3. The van der Waals surface area contributed by atoms with Crippen LogP contribution in [0, 0.1) is 0 Å². The molecule has 0 amide bonds. The van der Waals surface area contributed by atoms with Crippen LogP contribution in [-0.2, 0) is 4.74 Å². The van der Waals surface area contributed by atoms with Gasteiger partial charge in [-0.25, -0.2) is 9.78 Å². The van der Waals surface area contributed by atoms with Crippen LogP contribution in [-0.4, -0.2) is 23.0 Å². The first-order chi connectivity index (χ1) is 13.5. The third kappa shape index (κ3) is 3.40. The lowest BCUT2D eigenvalue weighted by Crippen LogP contribution is -2.11. The van der Waals surface area contributed by atoms with Crippen LogP contribution in [0.1, 0.15) is 21.7 Å². The van der Waals surface area contributed by atoms with Gasteiger partial charge in [-0.1, -0.05) is 48.0 Å². The molecule has 0 atom stereocenters. The maximum absolute atomic E-state index is 12.4. The number of carbonyl (C=O) groups is 1. The normalized spacial score (nSPS) is 11.7. The molecule has 1 heterocycles. The average Bonchev–Trinajstić information content (AvgIpc) is 2.72. The number of fused-ring (bicyclic) bond motifs is 2. The van der Waals surface area contributed by atoms with Crippen molar-refractivity contribution in [2.24, 2.45) is 0 Å². The van der Waals surface area contributed by atoms with E-state index in [-0.39, 0.29) is 16.4 Å². The Morgan fingerprint density at radius 1 is 1.07 bits per heavy atom. The van der Waals surface area contributed by atoms with Crippen molar-refractivity contribution in [3.05, 3.63) is 88.0 Å². The van der Waals surface area contributed by atoms with E-state index in [0.29, 0.717) is 16.5 Å². The summed E-state index contributed by atoms with van der Waals surface area (Å²) in [5, 5.41) is 2.87. The van der Waals surface area contributed by atoms with Gasteiger partial charge in [-0.05, 0) is 46.7 Å². The Bertz CT molecular complexity index is 1310. The number of aromatic nitrogens is 2. The summed E-state index contributed by atoms with van der Waals surface area (Å²) in [4.78, 5) is 31.2. The Kier molecular flexibility index (Phi) is 4.67. The molecule has 4 rings (SSSR count). The molecule has 3 aromatic carbocycles. The van der Waals surface area contributed by atoms with Gasteiger partial charge in [-0.2, -0.15) is 0 Å². The van der Waals surface area contributed by atoms with E-state index in [0.717, 1.165) is 16.3 Å². The van der Waals surface area contributed by atoms with Gasteiger partial charge in [0.25, 0.3) is 5.56 Å². The van der Waals surface area contributed by atoms with E-state index in [1.807, 2.05) is 42.5 Å². The fourth-order valence-electron chi connectivity index (χ4n) is 3.01. The summed E-state index contributed by atoms with van der Waals surface area (Å²) in [6.07, 6.45) is 1.74. The minimum atomic E-state index is -0.497. The number of aromatic amines is 1. The van der Waals surface area contributed by atoms with Gasteiger partial charge < -0.3 is 9.72 Å². The Morgan fingerprint density at radius 3 is 2.64 bits per heavy atom. The van der Waals surface area contributed by atoms with Crippen molar-refractivity contribution in [1.82, 2.24) is 9.97 Å². The van der Waals surface area contributed by atoms with Crippen LogP contribution in [0.3, 0.4) is 0 Å². The minimum Gasteiger partial charge on any atom is -0.465 e. The van der Waals surface area contributed by atoms with Crippen LogP contribution in [0.2, 0.25) is 0 Å². The van der Waals surface area contributed by atoms with Gasteiger partial charge in [-0.3, -0.25) is 4.79 Å². The zero-order valence-corrected chi connectivity index (χ0v) is 15.7. The van der Waals surface area contributed by atoms with E-state index in [2.05, 4.69) is 9.97 Å². The fraction of sp³-hybridized carbons (Fsp3) is 0.0455. The number of hydrogen-bond acceptors (Lipinski definition) is 4. The lowest BCUT2D eigenvalue weighted by Gasteiger charge is -2.05. The maximum Gasteiger partial charge on any atom is 0.337 e. The van der Waals surface area contributed by atoms with Crippen LogP contribution in [0.4, 0.5) is 0 Å². The molecular weight excluding hydrogens is 376 g/mol. The molecule has 6 heteroatoms. The first-order valence-corrected chi connectivity index (χ1v) is 8.92. The van der Waals surface area contributed by atoms with Gasteiger partial charge in [0.05, 0.1) is 28.6 Å². The van der Waals surface area contributed by atoms with Crippen molar-refractivity contribution in [2.45, 2.75) is 0 Å². The highest BCUT2D eigenvalue weighted by Crippen LogP contribution is 2.23. The molecule has 0 bridgehead atoms. The number of halogens is 1. The van der Waals surface area contributed by atoms with E-state index in [4.69, 9.17) is 16.3 Å². The summed E-state index contributed by atoms with van der Waals surface area (Å²) in [5.41, 5.74) is 1.23. The van der Waals surface area contributed by atoms with Crippen molar-refractivity contribution < 1.29 is 9.53 Å². The molecular formula is C22H15ClN2O3. The summed E-state index contributed by atoms with van der Waals surface area (Å²) in [5.74, 6) is -0.266. The molecule has 0 radical (unpaired) electrons. The SMILES string of the molecule is COC(=O)c1ccc2c(=O)[nH]c(C(Cl)=Cc3ccc4ccccc4c3)nc2c1. The summed E-state index contributed by atoms with van der Waals surface area (Å²) in [6, 6.07) is 18.5. The molecule has 1 aromatic heterocycles. The van der Waals surface area contributed by atoms with E-state index >= 15 is 0 Å². The Morgan fingerprint density at radius 2 is 1.86 bits per heavy atom. The van der Waals surface area contributed by atoms with E-state index < -0.39 is 5.97 Å². The summed E-state index contributed by atoms with van der Waals surface area (Å²) in [6.45, 7) is 0. The van der Waals surface area contributed by atoms with Gasteiger partial charge in [0.1, 0.15) is 0 Å². The van der Waals surface area contributed by atoms with Crippen molar-refractivity contribution >= 4 is 50.4 Å². The van der Waals surface area contributed by atoms with E-state index in [1.54, 1.807) is 6.08 Å². The lowest BCUT2D eigenvalue weighted by atomic mass is 10.1. The number of methoxy groups -OCH3 is 1. The largest absolute Gasteiger partial charge is 0.465 e.